The van der Waals surface area contributed by atoms with Gasteiger partial charge in [-0.05, 0) is 6.92 Å². The summed E-state index contributed by atoms with van der Waals surface area (Å²) in [5.41, 5.74) is 0. The largest absolute Gasteiger partial charge is 0.394 e. The second-order valence-electron chi connectivity index (χ2n) is 2.56. The molecule has 0 aliphatic carbocycles. The smallest absolute Gasteiger partial charge is 0.239 e. The van der Waals surface area contributed by atoms with Crippen molar-refractivity contribution in [2.45, 2.75) is 19.9 Å². The van der Waals surface area contributed by atoms with Crippen LogP contribution >= 0.6 is 0 Å². The van der Waals surface area contributed by atoms with Gasteiger partial charge in [0, 0.05) is 13.0 Å². The van der Waals surface area contributed by atoms with E-state index < -0.39 is 0 Å². The number of nitrogens with one attached hydrogen (secondary N) is 2. The highest BCUT2D eigenvalue weighted by atomic mass is 16.3. The lowest BCUT2D eigenvalue weighted by Gasteiger charge is -2.10. The van der Waals surface area contributed by atoms with Crippen LogP contribution in [-0.4, -0.2) is 36.1 Å². The number of hydrogen-bond donors (Lipinski definition) is 3. The van der Waals surface area contributed by atoms with E-state index in [0.717, 1.165) is 0 Å². The van der Waals surface area contributed by atoms with E-state index in [1.807, 2.05) is 0 Å². The third-order valence-corrected chi connectivity index (χ3v) is 1.18. The summed E-state index contributed by atoms with van der Waals surface area (Å²) >= 11 is 0. The molecule has 0 rings (SSSR count). The van der Waals surface area contributed by atoms with Crippen LogP contribution in [0.5, 0.6) is 0 Å². The molecule has 0 saturated heterocycles. The highest BCUT2D eigenvalue weighted by Gasteiger charge is 2.05. The highest BCUT2D eigenvalue weighted by molar-refractivity contribution is 5.83. The zero-order valence-corrected chi connectivity index (χ0v) is 7.26. The summed E-state index contributed by atoms with van der Waals surface area (Å²) in [4.78, 5) is 21.2. The van der Waals surface area contributed by atoms with Crippen molar-refractivity contribution in [2.75, 3.05) is 13.2 Å². The summed E-state index contributed by atoms with van der Waals surface area (Å²) in [6.07, 6.45) is 0. The molecule has 0 heterocycles. The SMILES string of the molecule is CC(=O)NCC(=O)N[C@H](C)CO. The molecule has 0 unspecified atom stereocenters. The Morgan fingerprint density at radius 2 is 2.08 bits per heavy atom. The van der Waals surface area contributed by atoms with E-state index in [0.29, 0.717) is 0 Å². The molecule has 0 aromatic carbocycles. The first-order valence-corrected chi connectivity index (χ1v) is 3.71. The zero-order chi connectivity index (χ0) is 9.56. The van der Waals surface area contributed by atoms with Crippen molar-refractivity contribution in [3.63, 3.8) is 0 Å². The molecule has 2 amide bonds. The average molecular weight is 174 g/mol. The summed E-state index contributed by atoms with van der Waals surface area (Å²) in [5, 5.41) is 13.4. The van der Waals surface area contributed by atoms with E-state index in [1.165, 1.54) is 6.92 Å². The third-order valence-electron chi connectivity index (χ3n) is 1.18. The Kier molecular flexibility index (Phi) is 5.03. The van der Waals surface area contributed by atoms with Crippen LogP contribution < -0.4 is 10.6 Å². The first-order chi connectivity index (χ1) is 5.56. The Bertz CT molecular complexity index is 170. The van der Waals surface area contributed by atoms with Crippen molar-refractivity contribution in [3.8, 4) is 0 Å². The number of hydrogen-bond acceptors (Lipinski definition) is 3. The van der Waals surface area contributed by atoms with E-state index in [4.69, 9.17) is 5.11 Å². The third kappa shape index (κ3) is 5.67. The number of amides is 2. The van der Waals surface area contributed by atoms with Crippen LogP contribution in [0.4, 0.5) is 0 Å². The number of rotatable bonds is 4. The zero-order valence-electron chi connectivity index (χ0n) is 7.26. The molecule has 3 N–H and O–H groups in total. The average Bonchev–Trinajstić information content (AvgIpc) is 2.00. The van der Waals surface area contributed by atoms with Crippen molar-refractivity contribution in [3.05, 3.63) is 0 Å². The fraction of sp³-hybridized carbons (Fsp3) is 0.714. The Morgan fingerprint density at radius 1 is 1.50 bits per heavy atom. The van der Waals surface area contributed by atoms with Crippen molar-refractivity contribution >= 4 is 11.8 Å². The Hall–Kier alpha value is -1.10. The van der Waals surface area contributed by atoms with Gasteiger partial charge in [-0.25, -0.2) is 0 Å². The van der Waals surface area contributed by atoms with Crippen LogP contribution in [0, 0.1) is 0 Å². The van der Waals surface area contributed by atoms with Crippen molar-refractivity contribution in [1.82, 2.24) is 10.6 Å². The molecule has 0 aromatic heterocycles. The lowest BCUT2D eigenvalue weighted by atomic mass is 10.3. The predicted octanol–water partition coefficient (Wildman–Crippen LogP) is -1.38. The number of aliphatic hydroxyl groups excluding tert-OH is 1. The van der Waals surface area contributed by atoms with Crippen molar-refractivity contribution in [2.24, 2.45) is 0 Å². The molecule has 0 aromatic rings. The van der Waals surface area contributed by atoms with Gasteiger partial charge in [0.25, 0.3) is 0 Å². The Labute approximate surface area is 71.1 Å². The van der Waals surface area contributed by atoms with Gasteiger partial charge in [-0.1, -0.05) is 0 Å². The number of aliphatic hydroxyl groups is 1. The van der Waals surface area contributed by atoms with Gasteiger partial charge in [-0.2, -0.15) is 0 Å². The molecule has 1 atom stereocenters. The molecular weight excluding hydrogens is 160 g/mol. The molecule has 0 aliphatic rings. The highest BCUT2D eigenvalue weighted by Crippen LogP contribution is 1.77. The van der Waals surface area contributed by atoms with Crippen LogP contribution in [-0.2, 0) is 9.59 Å². The topological polar surface area (TPSA) is 78.4 Å². The van der Waals surface area contributed by atoms with Gasteiger partial charge in [0.05, 0.1) is 13.2 Å². The van der Waals surface area contributed by atoms with Gasteiger partial charge in [0.15, 0.2) is 0 Å². The van der Waals surface area contributed by atoms with Crippen LogP contribution in [0.2, 0.25) is 0 Å². The maximum absolute atomic E-state index is 10.9. The molecule has 0 saturated carbocycles. The van der Waals surface area contributed by atoms with E-state index >= 15 is 0 Å². The van der Waals surface area contributed by atoms with Crippen molar-refractivity contribution in [1.29, 1.82) is 0 Å². The summed E-state index contributed by atoms with van der Waals surface area (Å²) in [7, 11) is 0. The van der Waals surface area contributed by atoms with Gasteiger partial charge in [0.1, 0.15) is 0 Å². The molecule has 0 fully saturated rings. The van der Waals surface area contributed by atoms with E-state index in [1.54, 1.807) is 6.92 Å². The van der Waals surface area contributed by atoms with Gasteiger partial charge in [-0.3, -0.25) is 9.59 Å². The summed E-state index contributed by atoms with van der Waals surface area (Å²) in [6.45, 7) is 2.86. The fourth-order valence-electron chi connectivity index (χ4n) is 0.576. The van der Waals surface area contributed by atoms with Gasteiger partial charge in [0.2, 0.25) is 11.8 Å². The lowest BCUT2D eigenvalue weighted by Crippen LogP contribution is -2.41. The molecule has 0 spiro atoms. The molecule has 12 heavy (non-hydrogen) atoms. The van der Waals surface area contributed by atoms with Gasteiger partial charge < -0.3 is 15.7 Å². The number of carbonyl (C=O) groups is 2. The minimum atomic E-state index is -0.299. The normalized spacial score (nSPS) is 11.9. The molecule has 5 heteroatoms. The molecule has 0 radical (unpaired) electrons. The van der Waals surface area contributed by atoms with Crippen LogP contribution in [0.15, 0.2) is 0 Å². The molecular formula is C7H14N2O3. The minimum absolute atomic E-state index is 0.0420. The Morgan fingerprint density at radius 3 is 2.50 bits per heavy atom. The van der Waals surface area contributed by atoms with Gasteiger partial charge in [-0.15, -0.1) is 0 Å². The lowest BCUT2D eigenvalue weighted by molar-refractivity contribution is -0.125. The second-order valence-corrected chi connectivity index (χ2v) is 2.56. The molecule has 5 nitrogen and oxygen atoms in total. The predicted molar refractivity (Wildman–Crippen MR) is 43.4 cm³/mol. The maximum Gasteiger partial charge on any atom is 0.239 e. The minimum Gasteiger partial charge on any atom is -0.394 e. The molecule has 70 valence electrons. The monoisotopic (exact) mass is 174 g/mol. The van der Waals surface area contributed by atoms with E-state index in [-0.39, 0.29) is 31.0 Å². The van der Waals surface area contributed by atoms with Crippen LogP contribution in [0.25, 0.3) is 0 Å². The second kappa shape index (κ2) is 5.54. The summed E-state index contributed by atoms with van der Waals surface area (Å²) in [6, 6.07) is -0.272. The fourth-order valence-corrected chi connectivity index (χ4v) is 0.576. The van der Waals surface area contributed by atoms with Crippen molar-refractivity contribution < 1.29 is 14.7 Å². The quantitative estimate of drug-likeness (QED) is 0.491. The first-order valence-electron chi connectivity index (χ1n) is 3.71. The molecule has 0 aliphatic heterocycles. The van der Waals surface area contributed by atoms with Crippen LogP contribution in [0.1, 0.15) is 13.8 Å². The van der Waals surface area contributed by atoms with E-state index in [9.17, 15) is 9.59 Å². The van der Waals surface area contributed by atoms with Gasteiger partial charge >= 0.3 is 0 Å². The summed E-state index contributed by atoms with van der Waals surface area (Å²) < 4.78 is 0. The number of carbonyl (C=O) groups excluding carboxylic acids is 2. The maximum atomic E-state index is 10.9. The Balaban J connectivity index is 3.53. The summed E-state index contributed by atoms with van der Waals surface area (Å²) in [5.74, 6) is -0.548. The first kappa shape index (κ1) is 10.9. The molecule has 0 bridgehead atoms. The van der Waals surface area contributed by atoms with Crippen LogP contribution in [0.3, 0.4) is 0 Å². The standard InChI is InChI=1S/C7H14N2O3/c1-5(4-10)9-7(12)3-8-6(2)11/h5,10H,3-4H2,1-2H3,(H,8,11)(H,9,12)/t5-/m1/s1. The van der Waals surface area contributed by atoms with E-state index in [2.05, 4.69) is 10.6 Å².